The van der Waals surface area contributed by atoms with E-state index in [4.69, 9.17) is 18.9 Å². The van der Waals surface area contributed by atoms with Crippen molar-refractivity contribution in [1.82, 2.24) is 4.90 Å². The van der Waals surface area contributed by atoms with Gasteiger partial charge in [-0.2, -0.15) is 0 Å². The SMILES string of the molecule is CCOc1ccc(C(=O)N2CCc3cc(OC)c(OC)cc3C2COc2ccc(F)cc2)cc1. The number of hydrogen-bond donors (Lipinski definition) is 0. The number of halogens is 1. The second-order valence-electron chi connectivity index (χ2n) is 7.89. The fourth-order valence-corrected chi connectivity index (χ4v) is 4.18. The fraction of sp³-hybridized carbons (Fsp3) is 0.296. The summed E-state index contributed by atoms with van der Waals surface area (Å²) in [5, 5.41) is 0. The Bertz CT molecular complexity index is 1130. The van der Waals surface area contributed by atoms with Crippen molar-refractivity contribution >= 4 is 5.91 Å². The van der Waals surface area contributed by atoms with Crippen molar-refractivity contribution in [2.45, 2.75) is 19.4 Å². The van der Waals surface area contributed by atoms with E-state index in [9.17, 15) is 9.18 Å². The lowest BCUT2D eigenvalue weighted by molar-refractivity contribution is 0.0589. The second-order valence-corrected chi connectivity index (χ2v) is 7.89. The van der Waals surface area contributed by atoms with Crippen LogP contribution in [0.1, 0.15) is 34.5 Å². The molecule has 1 atom stereocenters. The third-order valence-electron chi connectivity index (χ3n) is 5.90. The Morgan fingerprint density at radius 1 is 0.941 bits per heavy atom. The smallest absolute Gasteiger partial charge is 0.254 e. The maximum absolute atomic E-state index is 13.5. The topological polar surface area (TPSA) is 57.2 Å². The summed E-state index contributed by atoms with van der Waals surface area (Å²) >= 11 is 0. The first kappa shape index (κ1) is 23.4. The lowest BCUT2D eigenvalue weighted by Crippen LogP contribution is -2.42. The van der Waals surface area contributed by atoms with Gasteiger partial charge in [-0.25, -0.2) is 4.39 Å². The summed E-state index contributed by atoms with van der Waals surface area (Å²) in [7, 11) is 3.18. The number of carbonyl (C=O) groups is 1. The third-order valence-corrected chi connectivity index (χ3v) is 5.90. The van der Waals surface area contributed by atoms with E-state index in [-0.39, 0.29) is 24.4 Å². The zero-order chi connectivity index (χ0) is 24.1. The molecule has 1 aliphatic heterocycles. The first-order valence-corrected chi connectivity index (χ1v) is 11.2. The summed E-state index contributed by atoms with van der Waals surface area (Å²) in [5.41, 5.74) is 2.57. The second kappa shape index (κ2) is 10.5. The molecular weight excluding hydrogens is 437 g/mol. The van der Waals surface area contributed by atoms with Gasteiger partial charge in [0.05, 0.1) is 26.9 Å². The number of rotatable bonds is 8. The van der Waals surface area contributed by atoms with Crippen LogP contribution in [0.15, 0.2) is 60.7 Å². The molecule has 0 fully saturated rings. The molecule has 0 bridgehead atoms. The zero-order valence-corrected chi connectivity index (χ0v) is 19.5. The number of benzene rings is 3. The minimum absolute atomic E-state index is 0.101. The molecule has 34 heavy (non-hydrogen) atoms. The van der Waals surface area contributed by atoms with Crippen LogP contribution in [0.25, 0.3) is 0 Å². The molecule has 1 amide bonds. The van der Waals surface area contributed by atoms with Crippen molar-refractivity contribution in [2.24, 2.45) is 0 Å². The van der Waals surface area contributed by atoms with Gasteiger partial charge in [0.1, 0.15) is 23.9 Å². The van der Waals surface area contributed by atoms with Crippen LogP contribution >= 0.6 is 0 Å². The number of amides is 1. The maximum atomic E-state index is 13.5. The lowest BCUT2D eigenvalue weighted by atomic mass is 9.91. The van der Waals surface area contributed by atoms with Gasteiger partial charge in [-0.3, -0.25) is 4.79 Å². The van der Waals surface area contributed by atoms with Crippen LogP contribution in [0.5, 0.6) is 23.0 Å². The Kier molecular flexibility index (Phi) is 7.21. The minimum atomic E-state index is -0.368. The number of hydrogen-bond acceptors (Lipinski definition) is 5. The Morgan fingerprint density at radius 2 is 1.56 bits per heavy atom. The molecule has 0 saturated carbocycles. The molecule has 6 nitrogen and oxygen atoms in total. The molecule has 1 unspecified atom stereocenters. The number of methoxy groups -OCH3 is 2. The van der Waals surface area contributed by atoms with Crippen LogP contribution in [-0.4, -0.2) is 44.8 Å². The van der Waals surface area contributed by atoms with Gasteiger partial charge in [-0.05, 0) is 85.1 Å². The van der Waals surface area contributed by atoms with Crippen LogP contribution in [-0.2, 0) is 6.42 Å². The van der Waals surface area contributed by atoms with Crippen molar-refractivity contribution in [3.63, 3.8) is 0 Å². The predicted octanol–water partition coefficient (Wildman–Crippen LogP) is 5.06. The van der Waals surface area contributed by atoms with Gasteiger partial charge in [0.15, 0.2) is 11.5 Å². The van der Waals surface area contributed by atoms with Crippen molar-refractivity contribution < 1.29 is 28.1 Å². The minimum Gasteiger partial charge on any atom is -0.494 e. The number of ether oxygens (including phenoxy) is 4. The molecule has 0 saturated heterocycles. The highest BCUT2D eigenvalue weighted by molar-refractivity contribution is 5.95. The Morgan fingerprint density at radius 3 is 2.21 bits per heavy atom. The monoisotopic (exact) mass is 465 g/mol. The van der Waals surface area contributed by atoms with Crippen molar-refractivity contribution in [2.75, 3.05) is 34.0 Å². The molecule has 178 valence electrons. The standard InChI is InChI=1S/C27H28FNO5/c1-4-33-21-9-5-18(6-10-21)27(30)29-14-13-19-15-25(31-2)26(32-3)16-23(19)24(29)17-34-22-11-7-20(28)8-12-22/h5-12,15-16,24H,4,13-14,17H2,1-3H3. The number of nitrogens with zero attached hydrogens (tertiary/aromatic N) is 1. The van der Waals surface area contributed by atoms with Crippen molar-refractivity contribution in [3.05, 3.63) is 83.2 Å². The van der Waals surface area contributed by atoms with E-state index in [1.165, 1.54) is 12.1 Å². The van der Waals surface area contributed by atoms with E-state index in [0.29, 0.717) is 42.4 Å². The van der Waals surface area contributed by atoms with E-state index in [0.717, 1.165) is 16.9 Å². The largest absolute Gasteiger partial charge is 0.494 e. The average molecular weight is 466 g/mol. The Labute approximate surface area is 198 Å². The van der Waals surface area contributed by atoms with Gasteiger partial charge in [-0.1, -0.05) is 0 Å². The van der Waals surface area contributed by atoms with E-state index in [1.807, 2.05) is 24.0 Å². The first-order valence-electron chi connectivity index (χ1n) is 11.2. The molecule has 1 aliphatic rings. The molecule has 0 radical (unpaired) electrons. The molecule has 7 heteroatoms. The van der Waals surface area contributed by atoms with E-state index in [1.54, 1.807) is 50.6 Å². The van der Waals surface area contributed by atoms with Crippen LogP contribution in [0.3, 0.4) is 0 Å². The van der Waals surface area contributed by atoms with Gasteiger partial charge in [0, 0.05) is 12.1 Å². The van der Waals surface area contributed by atoms with Crippen molar-refractivity contribution in [3.8, 4) is 23.0 Å². The van der Waals surface area contributed by atoms with Crippen LogP contribution in [0.4, 0.5) is 4.39 Å². The van der Waals surface area contributed by atoms with Crippen LogP contribution in [0.2, 0.25) is 0 Å². The normalized spacial score (nSPS) is 14.8. The predicted molar refractivity (Wildman–Crippen MR) is 127 cm³/mol. The molecule has 3 aromatic carbocycles. The summed E-state index contributed by atoms with van der Waals surface area (Å²) in [5.74, 6) is 2.04. The molecule has 0 N–H and O–H groups in total. The van der Waals surface area contributed by atoms with E-state index < -0.39 is 0 Å². The summed E-state index contributed by atoms with van der Waals surface area (Å²) < 4.78 is 35.8. The Balaban J connectivity index is 1.66. The number of carbonyl (C=O) groups excluding carboxylic acids is 1. The molecular formula is C27H28FNO5. The van der Waals surface area contributed by atoms with Gasteiger partial charge >= 0.3 is 0 Å². The maximum Gasteiger partial charge on any atom is 0.254 e. The van der Waals surface area contributed by atoms with E-state index >= 15 is 0 Å². The third kappa shape index (κ3) is 4.93. The molecule has 4 rings (SSSR count). The highest BCUT2D eigenvalue weighted by Gasteiger charge is 2.33. The fourth-order valence-electron chi connectivity index (χ4n) is 4.18. The summed E-state index contributed by atoms with van der Waals surface area (Å²) in [6.07, 6.45) is 0.672. The molecule has 0 spiro atoms. The zero-order valence-electron chi connectivity index (χ0n) is 19.5. The summed E-state index contributed by atoms with van der Waals surface area (Å²) in [6, 6.07) is 16.5. The highest BCUT2D eigenvalue weighted by Crippen LogP contribution is 2.39. The molecule has 3 aromatic rings. The van der Waals surface area contributed by atoms with Crippen LogP contribution < -0.4 is 18.9 Å². The summed E-state index contributed by atoms with van der Waals surface area (Å²) in [6.45, 7) is 3.20. The van der Waals surface area contributed by atoms with Gasteiger partial charge in [-0.15, -0.1) is 0 Å². The lowest BCUT2D eigenvalue weighted by Gasteiger charge is -2.37. The Hall–Kier alpha value is -3.74. The van der Waals surface area contributed by atoms with E-state index in [2.05, 4.69) is 0 Å². The van der Waals surface area contributed by atoms with Gasteiger partial charge in [0.2, 0.25) is 0 Å². The van der Waals surface area contributed by atoms with Gasteiger partial charge < -0.3 is 23.8 Å². The summed E-state index contributed by atoms with van der Waals surface area (Å²) in [4.78, 5) is 15.4. The average Bonchev–Trinajstić information content (AvgIpc) is 2.87. The number of fused-ring (bicyclic) bond motifs is 1. The van der Waals surface area contributed by atoms with Crippen molar-refractivity contribution in [1.29, 1.82) is 0 Å². The van der Waals surface area contributed by atoms with Gasteiger partial charge in [0.25, 0.3) is 5.91 Å². The quantitative estimate of drug-likeness (QED) is 0.466. The molecule has 0 aromatic heterocycles. The van der Waals surface area contributed by atoms with Crippen LogP contribution in [0, 0.1) is 5.82 Å². The molecule has 1 heterocycles. The first-order chi connectivity index (χ1) is 16.5. The molecule has 0 aliphatic carbocycles. The highest BCUT2D eigenvalue weighted by atomic mass is 19.1.